The molecule has 5 heteroatoms. The van der Waals surface area contributed by atoms with Crippen LogP contribution >= 0.6 is 0 Å². The summed E-state index contributed by atoms with van der Waals surface area (Å²) in [5.41, 5.74) is 0. The summed E-state index contributed by atoms with van der Waals surface area (Å²) in [6.45, 7) is 11.3. The highest BCUT2D eigenvalue weighted by Gasteiger charge is 2.35. The Hall–Kier alpha value is -0.653. The normalized spacial score (nSPS) is 11.3. The Kier molecular flexibility index (Phi) is 9.91. The Labute approximate surface area is 112 Å². The van der Waals surface area contributed by atoms with Gasteiger partial charge in [0.1, 0.15) is 0 Å². The molecule has 0 fully saturated rings. The summed E-state index contributed by atoms with van der Waals surface area (Å²) in [7, 11) is -2.09. The van der Waals surface area contributed by atoms with Crippen LogP contribution in [0.2, 0.25) is 12.1 Å². The van der Waals surface area contributed by atoms with Gasteiger partial charge in [-0.15, -0.1) is 0 Å². The minimum Gasteiger partial charge on any atom is -0.463 e. The van der Waals surface area contributed by atoms with Crippen molar-refractivity contribution in [2.24, 2.45) is 0 Å². The van der Waals surface area contributed by atoms with E-state index in [2.05, 4.69) is 13.5 Å². The van der Waals surface area contributed by atoms with Crippen molar-refractivity contribution >= 4 is 14.5 Å². The second-order valence-corrected chi connectivity index (χ2v) is 7.40. The molecule has 0 aromatic heterocycles. The maximum atomic E-state index is 10.9. The fraction of sp³-hybridized carbons (Fsp3) is 0.769. The molecular weight excluding hydrogens is 248 g/mol. The Morgan fingerprint density at radius 1 is 1.17 bits per heavy atom. The zero-order chi connectivity index (χ0) is 13.9. The zero-order valence-corrected chi connectivity index (χ0v) is 12.9. The number of carbonyl (C=O) groups excluding carboxylic acids is 1. The van der Waals surface area contributed by atoms with E-state index in [-0.39, 0.29) is 5.97 Å². The standard InChI is InChI=1S/C13H26O4Si/c1-5-11-18(16-7-3,17-8-4)12-9-10-15-13(14)6-2/h6H,2,5,7-12H2,1,3-4H3. The van der Waals surface area contributed by atoms with E-state index in [9.17, 15) is 4.79 Å². The molecule has 0 aromatic carbocycles. The predicted molar refractivity (Wildman–Crippen MR) is 74.7 cm³/mol. The van der Waals surface area contributed by atoms with Gasteiger partial charge in [0, 0.05) is 19.3 Å². The quantitative estimate of drug-likeness (QED) is 0.251. The molecule has 0 bridgehead atoms. The monoisotopic (exact) mass is 274 g/mol. The Balaban J connectivity index is 4.20. The van der Waals surface area contributed by atoms with Gasteiger partial charge in [0.25, 0.3) is 0 Å². The highest BCUT2D eigenvalue weighted by Crippen LogP contribution is 2.23. The minimum absolute atomic E-state index is 0.370. The highest BCUT2D eigenvalue weighted by molar-refractivity contribution is 6.67. The number of hydrogen-bond donors (Lipinski definition) is 0. The van der Waals surface area contributed by atoms with Gasteiger partial charge in [-0.2, -0.15) is 0 Å². The van der Waals surface area contributed by atoms with Gasteiger partial charge in [0.2, 0.25) is 0 Å². The van der Waals surface area contributed by atoms with Crippen LogP contribution < -0.4 is 0 Å². The van der Waals surface area contributed by atoms with Crippen LogP contribution in [0, 0.1) is 0 Å². The van der Waals surface area contributed by atoms with Crippen LogP contribution in [0.3, 0.4) is 0 Å². The third-order valence-electron chi connectivity index (χ3n) is 2.56. The molecule has 0 aliphatic heterocycles. The Morgan fingerprint density at radius 2 is 1.78 bits per heavy atom. The maximum absolute atomic E-state index is 10.9. The minimum atomic E-state index is -2.09. The Bertz CT molecular complexity index is 226. The van der Waals surface area contributed by atoms with Crippen molar-refractivity contribution in [3.63, 3.8) is 0 Å². The lowest BCUT2D eigenvalue weighted by molar-refractivity contribution is -0.137. The third-order valence-corrected chi connectivity index (χ3v) is 6.57. The lowest BCUT2D eigenvalue weighted by Gasteiger charge is -2.29. The van der Waals surface area contributed by atoms with Crippen LogP contribution in [0.15, 0.2) is 12.7 Å². The van der Waals surface area contributed by atoms with Gasteiger partial charge in [0.05, 0.1) is 6.61 Å². The fourth-order valence-electron chi connectivity index (χ4n) is 1.94. The van der Waals surface area contributed by atoms with Gasteiger partial charge < -0.3 is 13.6 Å². The second-order valence-electron chi connectivity index (χ2n) is 4.00. The average molecular weight is 274 g/mol. The molecular formula is C13H26O4Si. The SMILES string of the molecule is C=CC(=O)OCCC[Si](CCC)(OCC)OCC. The molecule has 0 spiro atoms. The van der Waals surface area contributed by atoms with E-state index in [1.54, 1.807) is 0 Å². The van der Waals surface area contributed by atoms with Crippen molar-refractivity contribution in [1.82, 2.24) is 0 Å². The molecule has 4 nitrogen and oxygen atoms in total. The molecule has 0 rings (SSSR count). The van der Waals surface area contributed by atoms with Gasteiger partial charge in [-0.05, 0) is 32.4 Å². The van der Waals surface area contributed by atoms with Gasteiger partial charge in [0.15, 0.2) is 0 Å². The molecule has 0 saturated carbocycles. The van der Waals surface area contributed by atoms with Crippen molar-refractivity contribution in [2.45, 2.75) is 45.7 Å². The number of esters is 1. The van der Waals surface area contributed by atoms with E-state index in [4.69, 9.17) is 13.6 Å². The first-order chi connectivity index (χ1) is 8.64. The molecule has 0 radical (unpaired) electrons. The van der Waals surface area contributed by atoms with E-state index >= 15 is 0 Å². The van der Waals surface area contributed by atoms with Crippen LogP contribution in [-0.4, -0.2) is 34.4 Å². The Morgan fingerprint density at radius 3 is 2.22 bits per heavy atom. The van der Waals surface area contributed by atoms with E-state index in [0.29, 0.717) is 19.8 Å². The van der Waals surface area contributed by atoms with Crippen LogP contribution in [0.25, 0.3) is 0 Å². The van der Waals surface area contributed by atoms with Gasteiger partial charge >= 0.3 is 14.5 Å². The fourth-order valence-corrected chi connectivity index (χ4v) is 5.34. The molecule has 0 aliphatic rings. The molecule has 106 valence electrons. The summed E-state index contributed by atoms with van der Waals surface area (Å²) in [6.07, 6.45) is 3.02. The van der Waals surface area contributed by atoms with Crippen LogP contribution in [-0.2, 0) is 18.4 Å². The summed E-state index contributed by atoms with van der Waals surface area (Å²) in [4.78, 5) is 10.9. The topological polar surface area (TPSA) is 44.8 Å². The van der Waals surface area contributed by atoms with E-state index < -0.39 is 8.56 Å². The number of hydrogen-bond acceptors (Lipinski definition) is 4. The summed E-state index contributed by atoms with van der Waals surface area (Å²) in [5.74, 6) is -0.370. The average Bonchev–Trinajstić information content (AvgIpc) is 2.35. The first-order valence-corrected chi connectivity index (χ1v) is 8.94. The van der Waals surface area contributed by atoms with E-state index in [1.807, 2.05) is 13.8 Å². The molecule has 0 atom stereocenters. The zero-order valence-electron chi connectivity index (χ0n) is 11.9. The number of rotatable bonds is 11. The van der Waals surface area contributed by atoms with Gasteiger partial charge in [-0.25, -0.2) is 4.79 Å². The first-order valence-electron chi connectivity index (χ1n) is 6.71. The number of carbonyl (C=O) groups is 1. The number of ether oxygens (including phenoxy) is 1. The third kappa shape index (κ3) is 6.93. The van der Waals surface area contributed by atoms with E-state index in [1.165, 1.54) is 6.08 Å². The molecule has 0 saturated heterocycles. The van der Waals surface area contributed by atoms with Crippen molar-refractivity contribution in [2.75, 3.05) is 19.8 Å². The molecule has 18 heavy (non-hydrogen) atoms. The van der Waals surface area contributed by atoms with Crippen molar-refractivity contribution < 1.29 is 18.4 Å². The van der Waals surface area contributed by atoms with E-state index in [0.717, 1.165) is 24.9 Å². The van der Waals surface area contributed by atoms with Gasteiger partial charge in [-0.3, -0.25) is 0 Å². The first kappa shape index (κ1) is 17.3. The lowest BCUT2D eigenvalue weighted by atomic mass is 10.5. The summed E-state index contributed by atoms with van der Waals surface area (Å²) < 4.78 is 16.8. The lowest BCUT2D eigenvalue weighted by Crippen LogP contribution is -2.42. The smallest absolute Gasteiger partial charge is 0.338 e. The van der Waals surface area contributed by atoms with Crippen molar-refractivity contribution in [3.05, 3.63) is 12.7 Å². The molecule has 0 N–H and O–H groups in total. The summed E-state index contributed by atoms with van der Waals surface area (Å²) in [6, 6.07) is 1.86. The molecule has 0 heterocycles. The van der Waals surface area contributed by atoms with Crippen molar-refractivity contribution in [1.29, 1.82) is 0 Å². The van der Waals surface area contributed by atoms with Crippen LogP contribution in [0.4, 0.5) is 0 Å². The molecule has 0 aromatic rings. The molecule has 0 amide bonds. The maximum Gasteiger partial charge on any atom is 0.338 e. The summed E-state index contributed by atoms with van der Waals surface area (Å²) in [5, 5.41) is 0. The molecule has 0 unspecified atom stereocenters. The highest BCUT2D eigenvalue weighted by atomic mass is 28.4. The van der Waals surface area contributed by atoms with Gasteiger partial charge in [-0.1, -0.05) is 19.9 Å². The second kappa shape index (κ2) is 10.3. The van der Waals surface area contributed by atoms with Crippen molar-refractivity contribution in [3.8, 4) is 0 Å². The molecule has 0 aliphatic carbocycles. The summed E-state index contributed by atoms with van der Waals surface area (Å²) >= 11 is 0. The largest absolute Gasteiger partial charge is 0.463 e. The van der Waals surface area contributed by atoms with Crippen LogP contribution in [0.1, 0.15) is 33.6 Å². The van der Waals surface area contributed by atoms with Crippen LogP contribution in [0.5, 0.6) is 0 Å². The predicted octanol–water partition coefficient (Wildman–Crippen LogP) is 3.03.